The van der Waals surface area contributed by atoms with E-state index in [0.29, 0.717) is 0 Å². The van der Waals surface area contributed by atoms with Crippen molar-refractivity contribution >= 4 is 47.2 Å². The number of benzene rings is 1. The lowest BCUT2D eigenvalue weighted by molar-refractivity contribution is -0.143. The molecule has 10 nitrogen and oxygen atoms in total. The molecule has 0 aliphatic rings. The third kappa shape index (κ3) is 6.96. The van der Waals surface area contributed by atoms with Crippen molar-refractivity contribution in [3.8, 4) is 0 Å². The molecule has 1 aromatic carbocycles. The van der Waals surface area contributed by atoms with Crippen LogP contribution in [-0.2, 0) is 25.6 Å². The molecule has 4 unspecified atom stereocenters. The first-order valence-corrected chi connectivity index (χ1v) is 11.2. The van der Waals surface area contributed by atoms with Crippen LogP contribution in [0.2, 0.25) is 0 Å². The van der Waals surface area contributed by atoms with Gasteiger partial charge in [-0.2, -0.15) is 12.6 Å². The van der Waals surface area contributed by atoms with Crippen molar-refractivity contribution in [2.45, 2.75) is 51.4 Å². The van der Waals surface area contributed by atoms with Gasteiger partial charge in [-0.1, -0.05) is 32.0 Å². The van der Waals surface area contributed by atoms with Crippen LogP contribution in [0, 0.1) is 5.92 Å². The Morgan fingerprint density at radius 3 is 2.18 bits per heavy atom. The van der Waals surface area contributed by atoms with Crippen LogP contribution in [0.15, 0.2) is 30.5 Å². The minimum atomic E-state index is -1.18. The van der Waals surface area contributed by atoms with Gasteiger partial charge in [-0.15, -0.1) is 0 Å². The highest BCUT2D eigenvalue weighted by atomic mass is 32.1. The van der Waals surface area contributed by atoms with Gasteiger partial charge in [0.2, 0.25) is 17.7 Å². The molecule has 0 saturated carbocycles. The minimum Gasteiger partial charge on any atom is -0.480 e. The number of amides is 3. The molecule has 0 saturated heterocycles. The first-order chi connectivity index (χ1) is 15.5. The molecule has 0 bridgehead atoms. The molecule has 1 aromatic heterocycles. The van der Waals surface area contributed by atoms with E-state index in [1.807, 2.05) is 24.3 Å². The Kier molecular flexibility index (Phi) is 9.30. The Balaban J connectivity index is 2.21. The van der Waals surface area contributed by atoms with E-state index in [-0.39, 0.29) is 18.1 Å². The van der Waals surface area contributed by atoms with Gasteiger partial charge in [0.25, 0.3) is 0 Å². The fourth-order valence-electron chi connectivity index (χ4n) is 3.27. The molecule has 0 spiro atoms. The molecule has 1 heterocycles. The molecule has 0 aliphatic heterocycles. The molecule has 2 rings (SSSR count). The zero-order valence-corrected chi connectivity index (χ0v) is 19.7. The van der Waals surface area contributed by atoms with E-state index in [1.54, 1.807) is 20.0 Å². The fraction of sp³-hybridized carbons (Fsp3) is 0.455. The lowest BCUT2D eigenvalue weighted by atomic mass is 10.0. The third-order valence-corrected chi connectivity index (χ3v) is 5.56. The Bertz CT molecular complexity index is 1010. The van der Waals surface area contributed by atoms with Gasteiger partial charge in [0.1, 0.15) is 18.1 Å². The average Bonchev–Trinajstić information content (AvgIpc) is 3.17. The summed E-state index contributed by atoms with van der Waals surface area (Å²) in [7, 11) is 0. The van der Waals surface area contributed by atoms with Crippen molar-refractivity contribution in [1.82, 2.24) is 20.9 Å². The second-order valence-corrected chi connectivity index (χ2v) is 8.59. The number of aromatic amines is 1. The number of carbonyl (C=O) groups is 4. The summed E-state index contributed by atoms with van der Waals surface area (Å²) in [6, 6.07) is 3.46. The molecular formula is C22H31N5O5S. The number of rotatable bonds is 11. The molecule has 7 N–H and O–H groups in total. The summed E-state index contributed by atoms with van der Waals surface area (Å²) in [4.78, 5) is 52.5. The van der Waals surface area contributed by atoms with E-state index < -0.39 is 47.9 Å². The van der Waals surface area contributed by atoms with Crippen molar-refractivity contribution in [3.05, 3.63) is 36.0 Å². The maximum Gasteiger partial charge on any atom is 0.326 e. The van der Waals surface area contributed by atoms with Crippen LogP contribution in [0.3, 0.4) is 0 Å². The molecule has 33 heavy (non-hydrogen) atoms. The number of hydrogen-bond donors (Lipinski definition) is 7. The van der Waals surface area contributed by atoms with Crippen LogP contribution < -0.4 is 21.7 Å². The Labute approximate surface area is 197 Å². The van der Waals surface area contributed by atoms with Gasteiger partial charge in [0, 0.05) is 29.3 Å². The van der Waals surface area contributed by atoms with E-state index in [0.717, 1.165) is 16.5 Å². The lowest BCUT2D eigenvalue weighted by Crippen LogP contribution is -2.58. The van der Waals surface area contributed by atoms with E-state index in [9.17, 15) is 24.3 Å². The highest BCUT2D eigenvalue weighted by molar-refractivity contribution is 7.80. The van der Waals surface area contributed by atoms with Crippen molar-refractivity contribution < 1.29 is 24.3 Å². The number of carboxylic acid groups (broad SMARTS) is 1. The zero-order valence-electron chi connectivity index (χ0n) is 18.8. The van der Waals surface area contributed by atoms with Crippen LogP contribution in [-0.4, -0.2) is 63.7 Å². The molecule has 0 fully saturated rings. The summed E-state index contributed by atoms with van der Waals surface area (Å²) < 4.78 is 0. The first kappa shape index (κ1) is 26.2. The first-order valence-electron chi connectivity index (χ1n) is 10.6. The SMILES string of the molecule is CC(N)C(=O)NC(Cc1c[nH]c2ccccc12)C(=O)NC(CS)C(=O)NC(C(=O)O)C(C)C. The lowest BCUT2D eigenvalue weighted by Gasteiger charge is -2.25. The van der Waals surface area contributed by atoms with Crippen molar-refractivity contribution in [2.24, 2.45) is 11.7 Å². The minimum absolute atomic E-state index is 0.0664. The summed E-state index contributed by atoms with van der Waals surface area (Å²) >= 11 is 4.13. The number of aliphatic carboxylic acids is 1. The summed E-state index contributed by atoms with van der Waals surface area (Å²) in [5.41, 5.74) is 7.33. The molecule has 180 valence electrons. The Hall–Kier alpha value is -3.05. The molecule has 4 atom stereocenters. The zero-order chi connectivity index (χ0) is 24.7. The van der Waals surface area contributed by atoms with E-state index >= 15 is 0 Å². The van der Waals surface area contributed by atoms with Crippen LogP contribution >= 0.6 is 12.6 Å². The Morgan fingerprint density at radius 1 is 1.00 bits per heavy atom. The van der Waals surface area contributed by atoms with Gasteiger partial charge in [-0.25, -0.2) is 4.79 Å². The predicted octanol–water partition coefficient (Wildman–Crippen LogP) is 0.182. The summed E-state index contributed by atoms with van der Waals surface area (Å²) in [5, 5.41) is 17.8. The van der Waals surface area contributed by atoms with Crippen LogP contribution in [0.4, 0.5) is 0 Å². The van der Waals surface area contributed by atoms with Crippen molar-refractivity contribution in [2.75, 3.05) is 5.75 Å². The van der Waals surface area contributed by atoms with Crippen molar-refractivity contribution in [3.63, 3.8) is 0 Å². The van der Waals surface area contributed by atoms with E-state index in [2.05, 4.69) is 33.6 Å². The normalized spacial score (nSPS) is 14.8. The highest BCUT2D eigenvalue weighted by Gasteiger charge is 2.30. The topological polar surface area (TPSA) is 166 Å². The largest absolute Gasteiger partial charge is 0.480 e. The van der Waals surface area contributed by atoms with E-state index in [1.165, 1.54) is 6.92 Å². The molecule has 11 heteroatoms. The molecule has 3 amide bonds. The van der Waals surface area contributed by atoms with Gasteiger partial charge in [-0.05, 0) is 24.5 Å². The highest BCUT2D eigenvalue weighted by Crippen LogP contribution is 2.19. The second-order valence-electron chi connectivity index (χ2n) is 8.23. The second kappa shape index (κ2) is 11.7. The number of nitrogens with two attached hydrogens (primary N) is 1. The summed E-state index contributed by atoms with van der Waals surface area (Å²) in [5.74, 6) is -3.41. The number of fused-ring (bicyclic) bond motifs is 1. The number of carbonyl (C=O) groups excluding carboxylic acids is 3. The summed E-state index contributed by atoms with van der Waals surface area (Å²) in [6.07, 6.45) is 1.91. The van der Waals surface area contributed by atoms with Gasteiger partial charge >= 0.3 is 5.97 Å². The van der Waals surface area contributed by atoms with Gasteiger partial charge in [0.15, 0.2) is 0 Å². The monoisotopic (exact) mass is 477 g/mol. The molecule has 2 aromatic rings. The smallest absolute Gasteiger partial charge is 0.326 e. The Morgan fingerprint density at radius 2 is 1.61 bits per heavy atom. The third-order valence-electron chi connectivity index (χ3n) is 5.19. The van der Waals surface area contributed by atoms with Gasteiger partial charge in [0.05, 0.1) is 6.04 Å². The standard InChI is InChI=1S/C22H31N5O5S/c1-11(2)18(22(31)32)27-21(30)17(10-33)26-20(29)16(25-19(28)12(3)23)8-13-9-24-15-7-5-4-6-14(13)15/h4-7,9,11-12,16-18,24,33H,8,10,23H2,1-3H3,(H,25,28)(H,26,29)(H,27,30)(H,31,32). The molecular weight excluding hydrogens is 446 g/mol. The average molecular weight is 478 g/mol. The number of thiol groups is 1. The van der Waals surface area contributed by atoms with Crippen LogP contribution in [0.5, 0.6) is 0 Å². The van der Waals surface area contributed by atoms with Crippen molar-refractivity contribution in [1.29, 1.82) is 0 Å². The number of aromatic nitrogens is 1. The number of hydrogen-bond acceptors (Lipinski definition) is 6. The summed E-state index contributed by atoms with van der Waals surface area (Å²) in [6.45, 7) is 4.82. The number of nitrogens with one attached hydrogen (secondary N) is 4. The quantitative estimate of drug-likeness (QED) is 0.228. The maximum atomic E-state index is 13.1. The fourth-order valence-corrected chi connectivity index (χ4v) is 3.52. The van der Waals surface area contributed by atoms with Gasteiger partial charge in [-0.3, -0.25) is 14.4 Å². The maximum absolute atomic E-state index is 13.1. The van der Waals surface area contributed by atoms with Crippen LogP contribution in [0.1, 0.15) is 26.3 Å². The number of H-pyrrole nitrogens is 1. The van der Waals surface area contributed by atoms with Gasteiger partial charge < -0.3 is 31.8 Å². The number of carboxylic acids is 1. The predicted molar refractivity (Wildman–Crippen MR) is 128 cm³/mol. The molecule has 0 radical (unpaired) electrons. The van der Waals surface area contributed by atoms with Crippen LogP contribution in [0.25, 0.3) is 10.9 Å². The number of para-hydroxylation sites is 1. The van der Waals surface area contributed by atoms with E-state index in [4.69, 9.17) is 5.73 Å². The molecule has 0 aliphatic carbocycles.